The van der Waals surface area contributed by atoms with Gasteiger partial charge in [0, 0.05) is 30.0 Å². The van der Waals surface area contributed by atoms with E-state index in [1.54, 1.807) is 0 Å². The summed E-state index contributed by atoms with van der Waals surface area (Å²) in [5, 5.41) is 10.6. The van der Waals surface area contributed by atoms with Crippen LogP contribution in [0.15, 0.2) is 30.5 Å². The Morgan fingerprint density at radius 2 is 2.13 bits per heavy atom. The monoisotopic (exact) mass is 314 g/mol. The third-order valence-electron chi connectivity index (χ3n) is 3.77. The van der Waals surface area contributed by atoms with Crippen LogP contribution >= 0.6 is 0 Å². The van der Waals surface area contributed by atoms with Gasteiger partial charge in [-0.3, -0.25) is 9.48 Å². The van der Waals surface area contributed by atoms with E-state index in [1.807, 2.05) is 36.0 Å². The summed E-state index contributed by atoms with van der Waals surface area (Å²) in [7, 11) is 0. The van der Waals surface area contributed by atoms with E-state index in [2.05, 4.69) is 42.6 Å². The zero-order valence-electron chi connectivity index (χ0n) is 14.4. The van der Waals surface area contributed by atoms with Gasteiger partial charge in [0.1, 0.15) is 0 Å². The molecule has 5 nitrogen and oxygen atoms in total. The Morgan fingerprint density at radius 1 is 1.35 bits per heavy atom. The molecule has 1 aromatic heterocycles. The van der Waals surface area contributed by atoms with Gasteiger partial charge in [0.2, 0.25) is 5.91 Å². The van der Waals surface area contributed by atoms with Gasteiger partial charge in [-0.15, -0.1) is 0 Å². The smallest absolute Gasteiger partial charge is 0.238 e. The Labute approximate surface area is 138 Å². The van der Waals surface area contributed by atoms with Gasteiger partial charge in [-0.05, 0) is 44.9 Å². The fraction of sp³-hybridized carbons (Fsp3) is 0.444. The molecule has 0 bridgehead atoms. The molecule has 0 spiro atoms. The van der Waals surface area contributed by atoms with Gasteiger partial charge in [-0.2, -0.15) is 5.10 Å². The van der Waals surface area contributed by atoms with Crippen molar-refractivity contribution in [1.82, 2.24) is 15.1 Å². The number of nitrogens with one attached hydrogen (secondary N) is 2. The predicted octanol–water partition coefficient (Wildman–Crippen LogP) is 3.06. The Morgan fingerprint density at radius 3 is 2.78 bits per heavy atom. The fourth-order valence-electron chi connectivity index (χ4n) is 2.34. The van der Waals surface area contributed by atoms with E-state index in [9.17, 15) is 4.79 Å². The summed E-state index contributed by atoms with van der Waals surface area (Å²) >= 11 is 0. The van der Waals surface area contributed by atoms with E-state index in [4.69, 9.17) is 0 Å². The maximum atomic E-state index is 12.0. The highest BCUT2D eigenvalue weighted by Crippen LogP contribution is 2.11. The van der Waals surface area contributed by atoms with Gasteiger partial charge in [0.05, 0.1) is 12.2 Å². The minimum Gasteiger partial charge on any atom is -0.325 e. The van der Waals surface area contributed by atoms with E-state index in [-0.39, 0.29) is 12.5 Å². The van der Waals surface area contributed by atoms with Crippen LogP contribution in [0.2, 0.25) is 0 Å². The lowest BCUT2D eigenvalue weighted by molar-refractivity contribution is -0.115. The number of aromatic nitrogens is 2. The molecule has 1 heterocycles. The number of anilines is 1. The average molecular weight is 314 g/mol. The molecule has 2 N–H and O–H groups in total. The van der Waals surface area contributed by atoms with E-state index in [1.165, 1.54) is 5.56 Å². The van der Waals surface area contributed by atoms with Crippen molar-refractivity contribution < 1.29 is 4.79 Å². The lowest BCUT2D eigenvalue weighted by Gasteiger charge is -2.07. The second-order valence-electron chi connectivity index (χ2n) is 6.02. The van der Waals surface area contributed by atoms with Gasteiger partial charge < -0.3 is 10.6 Å². The molecule has 0 aliphatic carbocycles. The molecule has 5 heteroatoms. The highest BCUT2D eigenvalue weighted by atomic mass is 16.1. The number of hydrogen-bond acceptors (Lipinski definition) is 3. The van der Waals surface area contributed by atoms with E-state index >= 15 is 0 Å². The standard InChI is InChI=1S/C18H26N4O/c1-5-15-7-6-8-17(9-15)20-18(23)11-19-10-16-12-22(13(2)3)21-14(16)4/h6-9,12-13,19H,5,10-11H2,1-4H3,(H,20,23). The minimum absolute atomic E-state index is 0.0350. The molecule has 0 saturated heterocycles. The summed E-state index contributed by atoms with van der Waals surface area (Å²) in [6.07, 6.45) is 3.00. The van der Waals surface area contributed by atoms with Crippen molar-refractivity contribution in [2.24, 2.45) is 0 Å². The number of amides is 1. The number of carbonyl (C=O) groups excluding carboxylic acids is 1. The van der Waals surface area contributed by atoms with Crippen LogP contribution in [0, 0.1) is 6.92 Å². The van der Waals surface area contributed by atoms with E-state index < -0.39 is 0 Å². The summed E-state index contributed by atoms with van der Waals surface area (Å²) in [5.74, 6) is -0.0350. The van der Waals surface area contributed by atoms with Crippen molar-refractivity contribution in [1.29, 1.82) is 0 Å². The zero-order valence-corrected chi connectivity index (χ0v) is 14.4. The Balaban J connectivity index is 1.82. The van der Waals surface area contributed by atoms with Gasteiger partial charge in [-0.25, -0.2) is 0 Å². The molecular formula is C18H26N4O. The number of rotatable bonds is 7. The second-order valence-corrected chi connectivity index (χ2v) is 6.02. The van der Waals surface area contributed by atoms with Crippen LogP contribution in [0.3, 0.4) is 0 Å². The number of nitrogens with zero attached hydrogens (tertiary/aromatic N) is 2. The van der Waals surface area contributed by atoms with Crippen molar-refractivity contribution in [3.8, 4) is 0 Å². The Kier molecular flexibility index (Phi) is 5.93. The molecule has 0 unspecified atom stereocenters. The molecular weight excluding hydrogens is 288 g/mol. The number of aryl methyl sites for hydroxylation is 2. The zero-order chi connectivity index (χ0) is 16.8. The average Bonchev–Trinajstić information content (AvgIpc) is 2.89. The first kappa shape index (κ1) is 17.2. The maximum Gasteiger partial charge on any atom is 0.238 e. The van der Waals surface area contributed by atoms with Gasteiger partial charge in [0.15, 0.2) is 0 Å². The Bertz CT molecular complexity index is 661. The van der Waals surface area contributed by atoms with Crippen LogP contribution in [0.4, 0.5) is 5.69 Å². The second kappa shape index (κ2) is 7.92. The highest BCUT2D eigenvalue weighted by Gasteiger charge is 2.08. The summed E-state index contributed by atoms with van der Waals surface area (Å²) in [4.78, 5) is 12.0. The molecule has 2 aromatic rings. The molecule has 1 aromatic carbocycles. The fourth-order valence-corrected chi connectivity index (χ4v) is 2.34. The van der Waals surface area contributed by atoms with Crippen LogP contribution in [-0.4, -0.2) is 22.2 Å². The summed E-state index contributed by atoms with van der Waals surface area (Å²) in [6.45, 7) is 9.21. The Hall–Kier alpha value is -2.14. The largest absolute Gasteiger partial charge is 0.325 e. The quantitative estimate of drug-likeness (QED) is 0.826. The van der Waals surface area contributed by atoms with Crippen molar-refractivity contribution in [3.63, 3.8) is 0 Å². The van der Waals surface area contributed by atoms with Crippen LogP contribution in [0.1, 0.15) is 43.6 Å². The molecule has 23 heavy (non-hydrogen) atoms. The van der Waals surface area contributed by atoms with Crippen LogP contribution in [-0.2, 0) is 17.8 Å². The van der Waals surface area contributed by atoms with E-state index in [0.717, 1.165) is 23.4 Å². The lowest BCUT2D eigenvalue weighted by Crippen LogP contribution is -2.27. The predicted molar refractivity (Wildman–Crippen MR) is 93.5 cm³/mol. The number of hydrogen-bond donors (Lipinski definition) is 2. The molecule has 0 aliphatic heterocycles. The molecule has 0 aliphatic rings. The first-order valence-electron chi connectivity index (χ1n) is 8.13. The first-order chi connectivity index (χ1) is 11.0. The topological polar surface area (TPSA) is 59.0 Å². The summed E-state index contributed by atoms with van der Waals surface area (Å²) in [6, 6.07) is 8.29. The minimum atomic E-state index is -0.0350. The normalized spacial score (nSPS) is 11.0. The molecule has 0 fully saturated rings. The van der Waals surface area contributed by atoms with Crippen LogP contribution < -0.4 is 10.6 Å². The molecule has 0 atom stereocenters. The summed E-state index contributed by atoms with van der Waals surface area (Å²) in [5.41, 5.74) is 4.19. The van der Waals surface area contributed by atoms with Gasteiger partial charge >= 0.3 is 0 Å². The highest BCUT2D eigenvalue weighted by molar-refractivity contribution is 5.92. The molecule has 1 amide bonds. The van der Waals surface area contributed by atoms with Crippen molar-refractivity contribution in [2.75, 3.05) is 11.9 Å². The van der Waals surface area contributed by atoms with Crippen molar-refractivity contribution >= 4 is 11.6 Å². The SMILES string of the molecule is CCc1cccc(NC(=O)CNCc2cn(C(C)C)nc2C)c1. The number of benzene rings is 1. The maximum absolute atomic E-state index is 12.0. The number of carbonyl (C=O) groups is 1. The van der Waals surface area contributed by atoms with Gasteiger partial charge in [0.25, 0.3) is 0 Å². The molecule has 0 saturated carbocycles. The first-order valence-corrected chi connectivity index (χ1v) is 8.13. The van der Waals surface area contributed by atoms with E-state index in [0.29, 0.717) is 12.6 Å². The summed E-state index contributed by atoms with van der Waals surface area (Å²) < 4.78 is 1.95. The third-order valence-corrected chi connectivity index (χ3v) is 3.77. The van der Waals surface area contributed by atoms with Crippen molar-refractivity contribution in [2.45, 2.75) is 46.7 Å². The van der Waals surface area contributed by atoms with Crippen LogP contribution in [0.5, 0.6) is 0 Å². The van der Waals surface area contributed by atoms with Gasteiger partial charge in [-0.1, -0.05) is 19.1 Å². The van der Waals surface area contributed by atoms with Crippen molar-refractivity contribution in [3.05, 3.63) is 47.3 Å². The van der Waals surface area contributed by atoms with Crippen LogP contribution in [0.25, 0.3) is 0 Å². The lowest BCUT2D eigenvalue weighted by atomic mass is 10.1. The molecule has 124 valence electrons. The molecule has 2 rings (SSSR count). The third kappa shape index (κ3) is 4.93. The molecule has 0 radical (unpaired) electrons.